The maximum Gasteiger partial charge on any atom is 0.106 e. The van der Waals surface area contributed by atoms with Crippen molar-refractivity contribution >= 4 is 6.79 Å². The zero-order valence-electron chi connectivity index (χ0n) is 14.5. The molecule has 0 saturated heterocycles. The highest BCUT2D eigenvalue weighted by Gasteiger charge is 2.19. The molecule has 2 heteroatoms. The third-order valence-electron chi connectivity index (χ3n) is 3.71. The largest absolute Gasteiger partial charge is 0.322 e. The molecule has 2 nitrogen and oxygen atoms in total. The van der Waals surface area contributed by atoms with Crippen LogP contribution in [0.25, 0.3) is 11.1 Å². The van der Waals surface area contributed by atoms with Crippen LogP contribution in [-0.2, 0) is 10.3 Å². The van der Waals surface area contributed by atoms with Crippen molar-refractivity contribution in [1.29, 1.82) is 0 Å². The molecule has 2 rings (SSSR count). The molecular weight excluding hydrogens is 270 g/mol. The topological polar surface area (TPSA) is 43.1 Å². The minimum atomic E-state index is -0.236. The van der Waals surface area contributed by atoms with E-state index in [2.05, 4.69) is 63.2 Å². The van der Waals surface area contributed by atoms with E-state index in [1.807, 2.05) is 26.7 Å². The van der Waals surface area contributed by atoms with Gasteiger partial charge in [-0.3, -0.25) is 0 Å². The first-order chi connectivity index (χ1) is 10.5. The van der Waals surface area contributed by atoms with Gasteiger partial charge in [-0.1, -0.05) is 69.3 Å². The first kappa shape index (κ1) is 20.1. The average molecular weight is 299 g/mol. The molecule has 0 aliphatic carbocycles. The molecule has 0 aromatic heterocycles. The van der Waals surface area contributed by atoms with Gasteiger partial charge in [0.2, 0.25) is 0 Å². The van der Waals surface area contributed by atoms with Crippen LogP contribution in [0.1, 0.15) is 45.2 Å². The molecule has 22 heavy (non-hydrogen) atoms. The Labute approximate surface area is 135 Å². The van der Waals surface area contributed by atoms with Gasteiger partial charge < -0.3 is 10.5 Å². The van der Waals surface area contributed by atoms with Crippen LogP contribution in [-0.4, -0.2) is 6.79 Å². The van der Waals surface area contributed by atoms with Crippen LogP contribution < -0.4 is 5.73 Å². The summed E-state index contributed by atoms with van der Waals surface area (Å²) in [5.74, 6) is 0. The lowest BCUT2D eigenvalue weighted by molar-refractivity contribution is -0.0979. The lowest BCUT2D eigenvalue weighted by Crippen LogP contribution is -2.31. The summed E-state index contributed by atoms with van der Waals surface area (Å²) in [4.78, 5) is 8.00. The van der Waals surface area contributed by atoms with E-state index in [0.29, 0.717) is 0 Å². The number of carbonyl (C=O) groups excluding carboxylic acids is 1. The van der Waals surface area contributed by atoms with Crippen molar-refractivity contribution in [2.75, 3.05) is 0 Å². The minimum Gasteiger partial charge on any atom is -0.322 e. The standard InChI is InChI=1S/C17H21N.C2H6.CH2O/c1-4-17(3,18)15-10-11-16(13(2)12-15)14-8-6-5-7-9-14;2*1-2/h5-12H,4,18H2,1-3H3;1-2H3;1H2. The summed E-state index contributed by atoms with van der Waals surface area (Å²) < 4.78 is 0. The number of hydrogen-bond donors (Lipinski definition) is 1. The molecule has 0 aliphatic rings. The second kappa shape index (κ2) is 9.91. The summed E-state index contributed by atoms with van der Waals surface area (Å²) in [6, 6.07) is 17.0. The van der Waals surface area contributed by atoms with Gasteiger partial charge in [0, 0.05) is 5.54 Å². The molecular formula is C20H29NO. The zero-order chi connectivity index (χ0) is 17.2. The average Bonchev–Trinajstić information content (AvgIpc) is 2.59. The second-order valence-corrected chi connectivity index (χ2v) is 5.17. The Bertz CT molecular complexity index is 547. The Kier molecular flexibility index (Phi) is 9.04. The molecule has 2 N–H and O–H groups in total. The van der Waals surface area contributed by atoms with Crippen LogP contribution in [0, 0.1) is 6.92 Å². The van der Waals surface area contributed by atoms with E-state index in [1.165, 1.54) is 22.3 Å². The van der Waals surface area contributed by atoms with Gasteiger partial charge in [0.05, 0.1) is 0 Å². The van der Waals surface area contributed by atoms with E-state index in [1.54, 1.807) is 0 Å². The minimum absolute atomic E-state index is 0.236. The summed E-state index contributed by atoms with van der Waals surface area (Å²) in [5.41, 5.74) is 11.1. The third kappa shape index (κ3) is 5.12. The summed E-state index contributed by atoms with van der Waals surface area (Å²) in [7, 11) is 0. The monoisotopic (exact) mass is 299 g/mol. The van der Waals surface area contributed by atoms with Crippen LogP contribution in [0.3, 0.4) is 0 Å². The van der Waals surface area contributed by atoms with Gasteiger partial charge in [-0.25, -0.2) is 0 Å². The van der Waals surface area contributed by atoms with Crippen molar-refractivity contribution in [3.63, 3.8) is 0 Å². The maximum atomic E-state index is 8.00. The van der Waals surface area contributed by atoms with Crippen LogP contribution in [0.5, 0.6) is 0 Å². The van der Waals surface area contributed by atoms with Crippen LogP contribution in [0.15, 0.2) is 48.5 Å². The molecule has 0 heterocycles. The van der Waals surface area contributed by atoms with Crippen LogP contribution in [0.2, 0.25) is 0 Å². The predicted molar refractivity (Wildman–Crippen MR) is 96.9 cm³/mol. The van der Waals surface area contributed by atoms with Gasteiger partial charge in [0.15, 0.2) is 0 Å². The summed E-state index contributed by atoms with van der Waals surface area (Å²) in [6.45, 7) is 12.4. The molecule has 1 unspecified atom stereocenters. The number of benzene rings is 2. The van der Waals surface area contributed by atoms with Crippen molar-refractivity contribution in [3.8, 4) is 11.1 Å². The fourth-order valence-corrected chi connectivity index (χ4v) is 2.16. The molecule has 0 spiro atoms. The van der Waals surface area contributed by atoms with E-state index < -0.39 is 0 Å². The fourth-order valence-electron chi connectivity index (χ4n) is 2.16. The molecule has 2 aromatic carbocycles. The first-order valence-electron chi connectivity index (χ1n) is 7.79. The van der Waals surface area contributed by atoms with Gasteiger partial charge in [-0.15, -0.1) is 0 Å². The number of nitrogens with two attached hydrogens (primary N) is 1. The smallest absolute Gasteiger partial charge is 0.106 e. The Morgan fingerprint density at radius 3 is 2.05 bits per heavy atom. The Morgan fingerprint density at radius 1 is 1.05 bits per heavy atom. The van der Waals surface area contributed by atoms with Gasteiger partial charge in [0.25, 0.3) is 0 Å². The van der Waals surface area contributed by atoms with E-state index in [0.717, 1.165) is 6.42 Å². The van der Waals surface area contributed by atoms with E-state index >= 15 is 0 Å². The number of carbonyl (C=O) groups is 1. The van der Waals surface area contributed by atoms with Gasteiger partial charge in [0.1, 0.15) is 6.79 Å². The molecule has 120 valence electrons. The van der Waals surface area contributed by atoms with Gasteiger partial charge in [-0.05, 0) is 42.5 Å². The highest BCUT2D eigenvalue weighted by atomic mass is 16.1. The molecule has 0 radical (unpaired) electrons. The Balaban J connectivity index is 0.00000102. The normalized spacial score (nSPS) is 12.1. The molecule has 1 atom stereocenters. The van der Waals surface area contributed by atoms with E-state index in [9.17, 15) is 0 Å². The molecule has 0 bridgehead atoms. The lowest BCUT2D eigenvalue weighted by Gasteiger charge is -2.24. The summed E-state index contributed by atoms with van der Waals surface area (Å²) >= 11 is 0. The van der Waals surface area contributed by atoms with Crippen molar-refractivity contribution in [2.45, 2.75) is 46.6 Å². The quantitative estimate of drug-likeness (QED) is 0.858. The highest BCUT2D eigenvalue weighted by Crippen LogP contribution is 2.28. The highest BCUT2D eigenvalue weighted by molar-refractivity contribution is 5.67. The van der Waals surface area contributed by atoms with Crippen molar-refractivity contribution in [2.24, 2.45) is 5.73 Å². The predicted octanol–water partition coefficient (Wildman–Crippen LogP) is 5.09. The van der Waals surface area contributed by atoms with Crippen molar-refractivity contribution in [1.82, 2.24) is 0 Å². The van der Waals surface area contributed by atoms with Crippen LogP contribution >= 0.6 is 0 Å². The van der Waals surface area contributed by atoms with E-state index in [-0.39, 0.29) is 5.54 Å². The molecule has 0 fully saturated rings. The molecule has 2 aromatic rings. The fraction of sp³-hybridized carbons (Fsp3) is 0.350. The number of hydrogen-bond acceptors (Lipinski definition) is 2. The van der Waals surface area contributed by atoms with Crippen molar-refractivity contribution in [3.05, 3.63) is 59.7 Å². The van der Waals surface area contributed by atoms with Gasteiger partial charge in [-0.2, -0.15) is 0 Å². The second-order valence-electron chi connectivity index (χ2n) is 5.17. The molecule has 0 aliphatic heterocycles. The third-order valence-corrected chi connectivity index (χ3v) is 3.71. The lowest BCUT2D eigenvalue weighted by atomic mass is 9.87. The maximum absolute atomic E-state index is 8.00. The first-order valence-corrected chi connectivity index (χ1v) is 7.79. The Hall–Kier alpha value is -1.93. The Morgan fingerprint density at radius 2 is 1.59 bits per heavy atom. The van der Waals surface area contributed by atoms with Crippen LogP contribution in [0.4, 0.5) is 0 Å². The molecule has 0 amide bonds. The summed E-state index contributed by atoms with van der Waals surface area (Å²) in [6.07, 6.45) is 0.942. The van der Waals surface area contributed by atoms with E-state index in [4.69, 9.17) is 10.5 Å². The SMILES string of the molecule is C=O.CC.CCC(C)(N)c1ccc(-c2ccccc2)c(C)c1. The van der Waals surface area contributed by atoms with Crippen molar-refractivity contribution < 1.29 is 4.79 Å². The zero-order valence-corrected chi connectivity index (χ0v) is 14.5. The summed E-state index contributed by atoms with van der Waals surface area (Å²) in [5, 5.41) is 0. The number of aryl methyl sites for hydroxylation is 1. The number of rotatable bonds is 3. The van der Waals surface area contributed by atoms with Gasteiger partial charge >= 0.3 is 0 Å². The molecule has 0 saturated carbocycles.